The Morgan fingerprint density at radius 3 is 2.07 bits per heavy atom. The van der Waals surface area contributed by atoms with Crippen molar-refractivity contribution in [2.45, 2.75) is 26.2 Å². The molecule has 0 amide bonds. The van der Waals surface area contributed by atoms with Crippen molar-refractivity contribution in [3.05, 3.63) is 141 Å². The Balaban J connectivity index is 1.65. The van der Waals surface area contributed by atoms with Crippen molar-refractivity contribution in [2.75, 3.05) is 7.11 Å². The summed E-state index contributed by atoms with van der Waals surface area (Å²) in [6, 6.07) is 30.4. The predicted octanol–water partition coefficient (Wildman–Crippen LogP) is 6.53. The van der Waals surface area contributed by atoms with E-state index in [0.29, 0.717) is 39.8 Å². The molecule has 0 bridgehead atoms. The summed E-state index contributed by atoms with van der Waals surface area (Å²) in [5, 5.41) is 0. The van der Waals surface area contributed by atoms with Crippen molar-refractivity contribution in [1.29, 1.82) is 0 Å². The van der Waals surface area contributed by atoms with Gasteiger partial charge in [0.25, 0.3) is 5.56 Å². The molecule has 0 fully saturated rings. The van der Waals surface area contributed by atoms with E-state index in [9.17, 15) is 9.59 Å². The summed E-state index contributed by atoms with van der Waals surface area (Å²) in [6.07, 6.45) is 1.55. The molecule has 6 nitrogen and oxygen atoms in total. The van der Waals surface area contributed by atoms with Crippen LogP contribution < -0.4 is 10.3 Å². The Morgan fingerprint density at radius 1 is 0.756 bits per heavy atom. The number of ketones is 1. The summed E-state index contributed by atoms with van der Waals surface area (Å²) >= 11 is 0. The van der Waals surface area contributed by atoms with Crippen LogP contribution in [0.1, 0.15) is 34.7 Å². The molecule has 0 saturated heterocycles. The van der Waals surface area contributed by atoms with Crippen LogP contribution in [0.3, 0.4) is 0 Å². The van der Waals surface area contributed by atoms with E-state index >= 15 is 0 Å². The van der Waals surface area contributed by atoms with Gasteiger partial charge in [0.05, 0.1) is 29.5 Å². The average molecular weight is 540 g/mol. The molecule has 4 aromatic carbocycles. The molecule has 0 spiro atoms. The molecule has 1 aliphatic heterocycles. The van der Waals surface area contributed by atoms with Gasteiger partial charge >= 0.3 is 0 Å². The minimum atomic E-state index is -1.38. The van der Waals surface area contributed by atoms with Crippen molar-refractivity contribution in [3.63, 3.8) is 0 Å². The number of aromatic nitrogens is 2. The monoisotopic (exact) mass is 539 g/mol. The minimum Gasteiger partial charge on any atom is -0.497 e. The number of ether oxygens (including phenoxy) is 1. The topological polar surface area (TPSA) is 73.6 Å². The first-order valence-electron chi connectivity index (χ1n) is 13.5. The molecule has 5 aromatic rings. The molecule has 1 unspecified atom stereocenters. The molecule has 1 aromatic heterocycles. The fraction of sp³-hybridized carbons (Fsp3) is 0.143. The average Bonchev–Trinajstić information content (AvgIpc) is 3.00. The molecule has 6 rings (SSSR count). The van der Waals surface area contributed by atoms with Crippen LogP contribution in [0.15, 0.2) is 113 Å². The van der Waals surface area contributed by atoms with E-state index in [1.165, 1.54) is 0 Å². The Labute approximate surface area is 238 Å². The van der Waals surface area contributed by atoms with Crippen molar-refractivity contribution >= 4 is 17.2 Å². The maximum Gasteiger partial charge on any atom is 0.262 e. The molecule has 6 heteroatoms. The van der Waals surface area contributed by atoms with Crippen molar-refractivity contribution in [1.82, 2.24) is 9.55 Å². The first-order chi connectivity index (χ1) is 19.8. The second-order valence-corrected chi connectivity index (χ2v) is 10.5. The van der Waals surface area contributed by atoms with Gasteiger partial charge in [-0.15, -0.1) is 0 Å². The highest BCUT2D eigenvalue weighted by atomic mass is 16.5. The van der Waals surface area contributed by atoms with Crippen LogP contribution >= 0.6 is 0 Å². The van der Waals surface area contributed by atoms with Crippen LogP contribution in [0.5, 0.6) is 5.75 Å². The maximum atomic E-state index is 14.7. The summed E-state index contributed by atoms with van der Waals surface area (Å²) in [7, 11) is 1.57. The zero-order chi connectivity index (χ0) is 28.7. The zero-order valence-corrected chi connectivity index (χ0v) is 23.4. The number of aliphatic imine (C=N–C) groups is 1. The Morgan fingerprint density at radius 2 is 1.41 bits per heavy atom. The lowest BCUT2D eigenvalue weighted by Crippen LogP contribution is -2.46. The molecule has 41 heavy (non-hydrogen) atoms. The van der Waals surface area contributed by atoms with Gasteiger partial charge in [0.15, 0.2) is 5.78 Å². The van der Waals surface area contributed by atoms with E-state index in [1.54, 1.807) is 30.9 Å². The second kappa shape index (κ2) is 10.1. The minimum absolute atomic E-state index is 0.261. The smallest absolute Gasteiger partial charge is 0.262 e. The number of nitrogens with zero attached hydrogens (tertiary/aromatic N) is 3. The van der Waals surface area contributed by atoms with E-state index in [2.05, 4.69) is 0 Å². The first kappa shape index (κ1) is 26.1. The molecule has 1 aliphatic rings. The van der Waals surface area contributed by atoms with E-state index < -0.39 is 5.41 Å². The number of methoxy groups -OCH3 is 1. The third-order valence-electron chi connectivity index (χ3n) is 7.79. The van der Waals surface area contributed by atoms with E-state index in [1.807, 2.05) is 105 Å². The molecule has 1 atom stereocenters. The van der Waals surface area contributed by atoms with Gasteiger partial charge in [0.1, 0.15) is 17.3 Å². The molecule has 0 radical (unpaired) electrons. The third kappa shape index (κ3) is 4.38. The lowest BCUT2D eigenvalue weighted by Gasteiger charge is -2.34. The van der Waals surface area contributed by atoms with Crippen molar-refractivity contribution in [3.8, 4) is 22.8 Å². The Kier molecular flexibility index (Phi) is 6.46. The van der Waals surface area contributed by atoms with Crippen LogP contribution in [-0.4, -0.2) is 28.2 Å². The van der Waals surface area contributed by atoms with Gasteiger partial charge in [-0.25, -0.2) is 9.98 Å². The van der Waals surface area contributed by atoms with Crippen LogP contribution in [0.2, 0.25) is 0 Å². The molecule has 0 N–H and O–H groups in total. The standard InChI is InChI=1S/C35H29N3O3/c1-22-10-14-24(15-11-22)31-32(39)35(3,28-20-27(41-4)18-19-30(28)37-31)29-21-36-33(25-8-6-5-7-9-25)38(34(29)40)26-16-12-23(2)13-17-26/h5-21H,1-4H3. The summed E-state index contributed by atoms with van der Waals surface area (Å²) in [4.78, 5) is 38.8. The molecular formula is C35H29N3O3. The highest BCUT2D eigenvalue weighted by molar-refractivity contribution is 6.50. The van der Waals surface area contributed by atoms with Crippen molar-refractivity contribution in [2.24, 2.45) is 4.99 Å². The predicted molar refractivity (Wildman–Crippen MR) is 162 cm³/mol. The molecule has 202 valence electrons. The fourth-order valence-electron chi connectivity index (χ4n) is 5.37. The lowest BCUT2D eigenvalue weighted by molar-refractivity contribution is -0.116. The highest BCUT2D eigenvalue weighted by Gasteiger charge is 2.47. The lowest BCUT2D eigenvalue weighted by atomic mass is 9.69. The number of fused-ring (bicyclic) bond motifs is 1. The van der Waals surface area contributed by atoms with Crippen LogP contribution in [0.4, 0.5) is 5.69 Å². The van der Waals surface area contributed by atoms with E-state index in [-0.39, 0.29) is 16.9 Å². The van der Waals surface area contributed by atoms with E-state index in [0.717, 1.165) is 16.7 Å². The second-order valence-electron chi connectivity index (χ2n) is 10.5. The van der Waals surface area contributed by atoms with Crippen LogP contribution in [0, 0.1) is 13.8 Å². The van der Waals surface area contributed by atoms with Crippen molar-refractivity contribution < 1.29 is 9.53 Å². The van der Waals surface area contributed by atoms with Gasteiger partial charge in [0.2, 0.25) is 0 Å². The highest BCUT2D eigenvalue weighted by Crippen LogP contribution is 2.44. The quantitative estimate of drug-likeness (QED) is 0.254. The number of rotatable bonds is 5. The number of carbonyl (C=O) groups is 1. The summed E-state index contributed by atoms with van der Waals surface area (Å²) in [5.74, 6) is 0.793. The zero-order valence-electron chi connectivity index (χ0n) is 23.4. The van der Waals surface area contributed by atoms with Gasteiger partial charge in [-0.1, -0.05) is 77.9 Å². The fourth-order valence-corrected chi connectivity index (χ4v) is 5.37. The number of hydrogen-bond donors (Lipinski definition) is 0. The summed E-state index contributed by atoms with van der Waals surface area (Å²) in [5.41, 5.74) is 4.37. The maximum absolute atomic E-state index is 14.7. The Bertz CT molecular complexity index is 1870. The SMILES string of the molecule is COc1ccc2c(c1)C(C)(c1cnc(-c3ccccc3)n(-c3ccc(C)cc3)c1=O)C(=O)C(c1ccc(C)cc1)=N2. The normalized spacial score (nSPS) is 16.2. The van der Waals surface area contributed by atoms with Gasteiger partial charge in [-0.05, 0) is 56.7 Å². The number of carbonyl (C=O) groups excluding carboxylic acids is 1. The third-order valence-corrected chi connectivity index (χ3v) is 7.79. The van der Waals surface area contributed by atoms with Gasteiger partial charge in [-0.2, -0.15) is 0 Å². The number of Topliss-reactive ketones (excluding diaryl/α,β-unsaturated/α-hetero) is 1. The molecule has 0 aliphatic carbocycles. The number of aryl methyl sites for hydroxylation is 2. The Hall–Kier alpha value is -5.10. The molecule has 0 saturated carbocycles. The summed E-state index contributed by atoms with van der Waals surface area (Å²) < 4.78 is 7.12. The van der Waals surface area contributed by atoms with Crippen LogP contribution in [0.25, 0.3) is 17.1 Å². The number of benzene rings is 4. The van der Waals surface area contributed by atoms with Gasteiger partial charge < -0.3 is 4.74 Å². The van der Waals surface area contributed by atoms with Gasteiger partial charge in [-0.3, -0.25) is 14.2 Å². The first-order valence-corrected chi connectivity index (χ1v) is 13.5. The van der Waals surface area contributed by atoms with E-state index in [4.69, 9.17) is 14.7 Å². The molecular weight excluding hydrogens is 510 g/mol. The largest absolute Gasteiger partial charge is 0.497 e. The van der Waals surface area contributed by atoms with Crippen LogP contribution in [-0.2, 0) is 10.2 Å². The summed E-state index contributed by atoms with van der Waals surface area (Å²) in [6.45, 7) is 5.78. The van der Waals surface area contributed by atoms with Gasteiger partial charge in [0, 0.05) is 17.3 Å². The number of hydrogen-bond acceptors (Lipinski definition) is 5. The molecule has 2 heterocycles.